The number of carbonyl (C=O) groups excluding carboxylic acids is 2. The molecule has 3 aromatic rings. The summed E-state index contributed by atoms with van der Waals surface area (Å²) in [5.41, 5.74) is 8.34. The van der Waals surface area contributed by atoms with E-state index in [1.807, 2.05) is 0 Å². The standard InChI is InChI=1S/C22H17ClFN5O2/c1-26-15-4-2-3-13(9-15)10-19(30)28-7-8-29-18(12-28)20(22(25)31)21(27-29)14-5-6-17(24)16(23)11-14/h2-6,9,11H,7-8,10,12H2,(H2,25,31). The van der Waals surface area contributed by atoms with Gasteiger partial charge in [-0.15, -0.1) is 0 Å². The van der Waals surface area contributed by atoms with Crippen molar-refractivity contribution in [3.8, 4) is 11.3 Å². The maximum Gasteiger partial charge on any atom is 0.252 e. The molecule has 1 aromatic heterocycles. The Kier molecular flexibility index (Phi) is 5.44. The maximum absolute atomic E-state index is 13.6. The van der Waals surface area contributed by atoms with Gasteiger partial charge in [0.1, 0.15) is 11.5 Å². The molecule has 0 spiro atoms. The normalized spacial score (nSPS) is 12.9. The number of carbonyl (C=O) groups is 2. The molecular weight excluding hydrogens is 421 g/mol. The lowest BCUT2D eigenvalue weighted by atomic mass is 10.0. The van der Waals surface area contributed by atoms with E-state index in [-0.39, 0.29) is 29.5 Å². The second-order valence-electron chi connectivity index (χ2n) is 7.16. The summed E-state index contributed by atoms with van der Waals surface area (Å²) in [7, 11) is 0. The Balaban J connectivity index is 1.63. The molecule has 31 heavy (non-hydrogen) atoms. The van der Waals surface area contributed by atoms with E-state index in [1.54, 1.807) is 33.8 Å². The van der Waals surface area contributed by atoms with Crippen LogP contribution in [0.15, 0.2) is 42.5 Å². The van der Waals surface area contributed by atoms with E-state index >= 15 is 0 Å². The molecular formula is C22H17ClFN5O2. The van der Waals surface area contributed by atoms with Crippen molar-refractivity contribution in [3.63, 3.8) is 0 Å². The van der Waals surface area contributed by atoms with Gasteiger partial charge in [-0.25, -0.2) is 9.24 Å². The van der Waals surface area contributed by atoms with Gasteiger partial charge in [-0.05, 0) is 23.8 Å². The van der Waals surface area contributed by atoms with Crippen LogP contribution < -0.4 is 5.73 Å². The first kappa shape index (κ1) is 20.6. The van der Waals surface area contributed by atoms with Crippen molar-refractivity contribution in [1.29, 1.82) is 0 Å². The van der Waals surface area contributed by atoms with E-state index in [4.69, 9.17) is 23.9 Å². The van der Waals surface area contributed by atoms with Gasteiger partial charge in [0.15, 0.2) is 5.69 Å². The molecule has 7 nitrogen and oxygen atoms in total. The monoisotopic (exact) mass is 437 g/mol. The van der Waals surface area contributed by atoms with Crippen LogP contribution in [0.2, 0.25) is 5.02 Å². The van der Waals surface area contributed by atoms with Crippen LogP contribution in [0.5, 0.6) is 0 Å². The van der Waals surface area contributed by atoms with Crippen LogP contribution in [0.4, 0.5) is 10.1 Å². The van der Waals surface area contributed by atoms with E-state index in [1.165, 1.54) is 18.2 Å². The van der Waals surface area contributed by atoms with Crippen molar-refractivity contribution in [2.45, 2.75) is 19.5 Å². The molecule has 9 heteroatoms. The number of benzene rings is 2. The van der Waals surface area contributed by atoms with Gasteiger partial charge < -0.3 is 10.6 Å². The van der Waals surface area contributed by atoms with Crippen molar-refractivity contribution >= 4 is 29.1 Å². The minimum Gasteiger partial charge on any atom is -0.365 e. The van der Waals surface area contributed by atoms with Crippen molar-refractivity contribution in [2.24, 2.45) is 5.73 Å². The van der Waals surface area contributed by atoms with Crippen LogP contribution in [0.3, 0.4) is 0 Å². The number of halogens is 2. The fourth-order valence-corrected chi connectivity index (χ4v) is 3.84. The van der Waals surface area contributed by atoms with E-state index in [2.05, 4.69) is 9.94 Å². The number of hydrogen-bond acceptors (Lipinski definition) is 3. The summed E-state index contributed by atoms with van der Waals surface area (Å²) >= 11 is 5.89. The zero-order chi connectivity index (χ0) is 22.1. The molecule has 0 unspecified atom stereocenters. The van der Waals surface area contributed by atoms with E-state index in [9.17, 15) is 14.0 Å². The van der Waals surface area contributed by atoms with Crippen LogP contribution in [0.1, 0.15) is 21.6 Å². The fourth-order valence-electron chi connectivity index (χ4n) is 3.66. The maximum atomic E-state index is 13.6. The Labute approximate surface area is 182 Å². The molecule has 2 amide bonds. The van der Waals surface area contributed by atoms with Gasteiger partial charge in [0.2, 0.25) is 5.91 Å². The first-order valence-electron chi connectivity index (χ1n) is 9.46. The highest BCUT2D eigenvalue weighted by Crippen LogP contribution is 2.30. The SMILES string of the molecule is [C-]#[N+]c1cccc(CC(=O)N2CCn3nc(-c4ccc(F)c(Cl)c4)c(C(N)=O)c3C2)c1. The predicted molar refractivity (Wildman–Crippen MR) is 113 cm³/mol. The molecule has 0 atom stereocenters. The van der Waals surface area contributed by atoms with Gasteiger partial charge >= 0.3 is 0 Å². The summed E-state index contributed by atoms with van der Waals surface area (Å²) in [5, 5.41) is 4.39. The lowest BCUT2D eigenvalue weighted by molar-refractivity contribution is -0.132. The second kappa shape index (κ2) is 8.20. The van der Waals surface area contributed by atoms with E-state index < -0.39 is 11.7 Å². The zero-order valence-electron chi connectivity index (χ0n) is 16.3. The number of fused-ring (bicyclic) bond motifs is 1. The Morgan fingerprint density at radius 3 is 2.74 bits per heavy atom. The number of aromatic nitrogens is 2. The summed E-state index contributed by atoms with van der Waals surface area (Å²) in [4.78, 5) is 30.1. The molecule has 2 heterocycles. The first-order chi connectivity index (χ1) is 14.9. The van der Waals surface area contributed by atoms with E-state index in [0.717, 1.165) is 5.56 Å². The average Bonchev–Trinajstić information content (AvgIpc) is 3.14. The second-order valence-corrected chi connectivity index (χ2v) is 7.57. The smallest absolute Gasteiger partial charge is 0.252 e. The number of hydrogen-bond donors (Lipinski definition) is 1. The van der Waals surface area contributed by atoms with Crippen molar-refractivity contribution in [3.05, 3.63) is 81.5 Å². The van der Waals surface area contributed by atoms with E-state index in [0.29, 0.717) is 35.7 Å². The van der Waals surface area contributed by atoms with Crippen LogP contribution in [0, 0.1) is 12.4 Å². The third kappa shape index (κ3) is 4.00. The summed E-state index contributed by atoms with van der Waals surface area (Å²) in [5.74, 6) is -1.39. The third-order valence-electron chi connectivity index (χ3n) is 5.17. The van der Waals surface area contributed by atoms with Gasteiger partial charge in [0.05, 0.1) is 42.4 Å². The Morgan fingerprint density at radius 2 is 2.03 bits per heavy atom. The largest absolute Gasteiger partial charge is 0.365 e. The van der Waals surface area contributed by atoms with Gasteiger partial charge in [0.25, 0.3) is 5.91 Å². The summed E-state index contributed by atoms with van der Waals surface area (Å²) in [6, 6.07) is 11.0. The predicted octanol–water partition coefficient (Wildman–Crippen LogP) is 3.58. The molecule has 0 saturated heterocycles. The Hall–Kier alpha value is -3.70. The summed E-state index contributed by atoms with van der Waals surface area (Å²) < 4.78 is 15.2. The number of rotatable bonds is 4. The first-order valence-corrected chi connectivity index (χ1v) is 9.84. The van der Waals surface area contributed by atoms with Crippen LogP contribution in [0.25, 0.3) is 16.1 Å². The number of amides is 2. The third-order valence-corrected chi connectivity index (χ3v) is 5.46. The molecule has 0 fully saturated rings. The Morgan fingerprint density at radius 1 is 1.23 bits per heavy atom. The minimum atomic E-state index is -0.684. The van der Waals surface area contributed by atoms with Crippen molar-refractivity contribution in [2.75, 3.05) is 6.54 Å². The van der Waals surface area contributed by atoms with Crippen LogP contribution in [-0.2, 0) is 24.3 Å². The zero-order valence-corrected chi connectivity index (χ0v) is 17.1. The summed E-state index contributed by atoms with van der Waals surface area (Å²) in [6.07, 6.45) is 0.143. The molecule has 0 aliphatic carbocycles. The quantitative estimate of drug-likeness (QED) is 0.633. The topological polar surface area (TPSA) is 85.6 Å². The number of nitrogens with zero attached hydrogens (tertiary/aromatic N) is 4. The molecule has 4 rings (SSSR count). The molecule has 2 aromatic carbocycles. The number of primary amides is 1. The fraction of sp³-hybridized carbons (Fsp3) is 0.182. The molecule has 156 valence electrons. The highest BCUT2D eigenvalue weighted by Gasteiger charge is 2.29. The van der Waals surface area contributed by atoms with Crippen molar-refractivity contribution in [1.82, 2.24) is 14.7 Å². The lowest BCUT2D eigenvalue weighted by Crippen LogP contribution is -2.40. The molecule has 2 N–H and O–H groups in total. The van der Waals surface area contributed by atoms with Gasteiger partial charge in [0, 0.05) is 12.1 Å². The lowest BCUT2D eigenvalue weighted by Gasteiger charge is -2.28. The molecule has 0 radical (unpaired) electrons. The highest BCUT2D eigenvalue weighted by molar-refractivity contribution is 6.31. The average molecular weight is 438 g/mol. The van der Waals surface area contributed by atoms with Gasteiger partial charge in [-0.1, -0.05) is 35.9 Å². The minimum absolute atomic E-state index is 0.0858. The molecule has 0 saturated carbocycles. The van der Waals surface area contributed by atoms with Crippen LogP contribution in [-0.4, -0.2) is 33.0 Å². The van der Waals surface area contributed by atoms with Crippen LogP contribution >= 0.6 is 11.6 Å². The van der Waals surface area contributed by atoms with Crippen molar-refractivity contribution < 1.29 is 14.0 Å². The number of nitrogens with two attached hydrogens (primary N) is 1. The Bertz CT molecular complexity index is 1250. The summed E-state index contributed by atoms with van der Waals surface area (Å²) in [6.45, 7) is 8.08. The molecule has 1 aliphatic rings. The van der Waals surface area contributed by atoms with Gasteiger partial charge in [-0.3, -0.25) is 14.3 Å². The molecule has 0 bridgehead atoms. The van der Waals surface area contributed by atoms with Gasteiger partial charge in [-0.2, -0.15) is 5.10 Å². The highest BCUT2D eigenvalue weighted by atomic mass is 35.5. The molecule has 1 aliphatic heterocycles.